The molecule has 2 aromatic carbocycles. The van der Waals surface area contributed by atoms with Gasteiger partial charge in [-0.3, -0.25) is 0 Å². The summed E-state index contributed by atoms with van der Waals surface area (Å²) < 4.78 is 27.0. The topological polar surface area (TPSA) is 26.0 Å². The Bertz CT molecular complexity index is 540. The lowest BCUT2D eigenvalue weighted by Gasteiger charge is -2.24. The molecule has 2 unspecified atom stereocenters. The molecule has 0 bridgehead atoms. The van der Waals surface area contributed by atoms with Crippen LogP contribution in [-0.2, 0) is 0 Å². The van der Waals surface area contributed by atoms with E-state index in [-0.39, 0.29) is 11.5 Å². The average molecular weight is 261 g/mol. The van der Waals surface area contributed by atoms with Gasteiger partial charge in [0.25, 0.3) is 0 Å². The normalized spacial score (nSPS) is 14.1. The van der Waals surface area contributed by atoms with Crippen LogP contribution in [0.1, 0.15) is 36.4 Å². The molecule has 0 aliphatic carbocycles. The predicted octanol–water partition coefficient (Wildman–Crippen LogP) is 4.16. The monoisotopic (exact) mass is 261 g/mol. The van der Waals surface area contributed by atoms with E-state index in [9.17, 15) is 8.78 Å². The Hall–Kier alpha value is -1.74. The molecule has 0 aliphatic heterocycles. The van der Waals surface area contributed by atoms with Crippen LogP contribution in [0.4, 0.5) is 8.78 Å². The molecule has 0 aliphatic rings. The lowest BCUT2D eigenvalue weighted by atomic mass is 9.85. The molecule has 0 saturated carbocycles. The van der Waals surface area contributed by atoms with Gasteiger partial charge in [0.2, 0.25) is 0 Å². The minimum absolute atomic E-state index is 0.0301. The summed E-state index contributed by atoms with van der Waals surface area (Å²) >= 11 is 0. The Labute approximate surface area is 112 Å². The number of hydrogen-bond donors (Lipinski definition) is 1. The Kier molecular flexibility index (Phi) is 4.27. The van der Waals surface area contributed by atoms with Crippen LogP contribution < -0.4 is 5.73 Å². The van der Waals surface area contributed by atoms with Gasteiger partial charge >= 0.3 is 0 Å². The van der Waals surface area contributed by atoms with Gasteiger partial charge in [-0.15, -0.1) is 0 Å². The smallest absolute Gasteiger partial charge is 0.128 e. The minimum atomic E-state index is -0.553. The molecule has 3 heteroatoms. The van der Waals surface area contributed by atoms with Crippen molar-refractivity contribution in [1.82, 2.24) is 0 Å². The van der Waals surface area contributed by atoms with Crippen molar-refractivity contribution in [2.75, 3.05) is 0 Å². The van der Waals surface area contributed by atoms with Crippen molar-refractivity contribution in [3.8, 4) is 0 Å². The molecule has 1 nitrogen and oxygen atoms in total. The van der Waals surface area contributed by atoms with E-state index in [1.54, 1.807) is 0 Å². The highest BCUT2D eigenvalue weighted by Crippen LogP contribution is 2.33. The first kappa shape index (κ1) is 13.7. The fraction of sp³-hybridized carbons (Fsp3) is 0.250. The maximum absolute atomic E-state index is 13.8. The first-order chi connectivity index (χ1) is 9.13. The molecule has 0 saturated heterocycles. The summed E-state index contributed by atoms with van der Waals surface area (Å²) in [5.74, 6) is -0.949. The molecular weight excluding hydrogens is 244 g/mol. The Balaban J connectivity index is 2.36. The molecule has 2 atom stereocenters. The van der Waals surface area contributed by atoms with Crippen LogP contribution in [0.15, 0.2) is 48.5 Å². The van der Waals surface area contributed by atoms with Gasteiger partial charge in [0.1, 0.15) is 11.6 Å². The van der Waals surface area contributed by atoms with Crippen LogP contribution in [0.5, 0.6) is 0 Å². The third-order valence-corrected chi connectivity index (χ3v) is 3.42. The molecule has 0 spiro atoms. The molecular formula is C16H17F2N. The van der Waals surface area contributed by atoms with Gasteiger partial charge in [-0.05, 0) is 30.2 Å². The van der Waals surface area contributed by atoms with E-state index in [1.807, 2.05) is 37.3 Å². The predicted molar refractivity (Wildman–Crippen MR) is 72.8 cm³/mol. The summed E-state index contributed by atoms with van der Waals surface area (Å²) in [7, 11) is 0. The number of nitrogens with two attached hydrogens (primary N) is 1. The van der Waals surface area contributed by atoms with Crippen LogP contribution in [-0.4, -0.2) is 0 Å². The van der Waals surface area contributed by atoms with Gasteiger partial charge < -0.3 is 5.73 Å². The molecule has 100 valence electrons. The van der Waals surface area contributed by atoms with E-state index in [2.05, 4.69) is 0 Å². The van der Waals surface area contributed by atoms with Gasteiger partial charge in [-0.1, -0.05) is 37.3 Å². The highest BCUT2D eigenvalue weighted by Gasteiger charge is 2.22. The van der Waals surface area contributed by atoms with Gasteiger partial charge in [-0.2, -0.15) is 0 Å². The first-order valence-electron chi connectivity index (χ1n) is 6.39. The third-order valence-electron chi connectivity index (χ3n) is 3.42. The fourth-order valence-corrected chi connectivity index (χ4v) is 2.38. The van der Waals surface area contributed by atoms with E-state index < -0.39 is 17.7 Å². The quantitative estimate of drug-likeness (QED) is 0.878. The lowest BCUT2D eigenvalue weighted by molar-refractivity contribution is 0.499. The molecule has 0 radical (unpaired) electrons. The van der Waals surface area contributed by atoms with Crippen molar-refractivity contribution >= 4 is 0 Å². The summed E-state index contributed by atoms with van der Waals surface area (Å²) in [4.78, 5) is 0. The van der Waals surface area contributed by atoms with Crippen LogP contribution in [0.25, 0.3) is 0 Å². The SMILES string of the molecule is CCC(c1ccccc1)C(N)c1cc(F)ccc1F. The summed E-state index contributed by atoms with van der Waals surface area (Å²) in [5, 5.41) is 0. The Morgan fingerprint density at radius 3 is 2.37 bits per heavy atom. The zero-order valence-electron chi connectivity index (χ0n) is 10.8. The summed E-state index contributed by atoms with van der Waals surface area (Å²) in [6.07, 6.45) is 0.765. The average Bonchev–Trinajstić information content (AvgIpc) is 2.43. The van der Waals surface area contributed by atoms with E-state index in [1.165, 1.54) is 6.07 Å². The molecule has 2 rings (SSSR count). The number of rotatable bonds is 4. The highest BCUT2D eigenvalue weighted by atomic mass is 19.1. The number of hydrogen-bond acceptors (Lipinski definition) is 1. The largest absolute Gasteiger partial charge is 0.323 e. The minimum Gasteiger partial charge on any atom is -0.323 e. The fourth-order valence-electron chi connectivity index (χ4n) is 2.38. The van der Waals surface area contributed by atoms with Crippen LogP contribution in [0.3, 0.4) is 0 Å². The second kappa shape index (κ2) is 5.93. The zero-order valence-corrected chi connectivity index (χ0v) is 10.8. The highest BCUT2D eigenvalue weighted by molar-refractivity contribution is 5.29. The maximum Gasteiger partial charge on any atom is 0.128 e. The lowest BCUT2D eigenvalue weighted by Crippen LogP contribution is -2.21. The Morgan fingerprint density at radius 1 is 1.05 bits per heavy atom. The van der Waals surface area contributed by atoms with Crippen molar-refractivity contribution in [1.29, 1.82) is 0 Å². The van der Waals surface area contributed by atoms with Gasteiger partial charge in [-0.25, -0.2) is 8.78 Å². The van der Waals surface area contributed by atoms with E-state index in [0.29, 0.717) is 0 Å². The van der Waals surface area contributed by atoms with Crippen LogP contribution >= 0.6 is 0 Å². The zero-order chi connectivity index (χ0) is 13.8. The molecule has 0 fully saturated rings. The Morgan fingerprint density at radius 2 is 1.74 bits per heavy atom. The van der Waals surface area contributed by atoms with Crippen LogP contribution in [0, 0.1) is 11.6 Å². The molecule has 19 heavy (non-hydrogen) atoms. The van der Waals surface area contributed by atoms with Crippen molar-refractivity contribution in [2.45, 2.75) is 25.3 Å². The second-order valence-corrected chi connectivity index (χ2v) is 4.62. The molecule has 0 aromatic heterocycles. The summed E-state index contributed by atoms with van der Waals surface area (Å²) in [6.45, 7) is 1.99. The number of halogens is 2. The molecule has 2 N–H and O–H groups in total. The molecule has 0 amide bonds. The summed E-state index contributed by atoms with van der Waals surface area (Å²) in [5.41, 5.74) is 7.42. The maximum atomic E-state index is 13.8. The van der Waals surface area contributed by atoms with Gasteiger partial charge in [0.15, 0.2) is 0 Å². The van der Waals surface area contributed by atoms with Crippen molar-refractivity contribution < 1.29 is 8.78 Å². The van der Waals surface area contributed by atoms with Crippen molar-refractivity contribution in [3.63, 3.8) is 0 Å². The van der Waals surface area contributed by atoms with E-state index >= 15 is 0 Å². The van der Waals surface area contributed by atoms with Gasteiger partial charge in [0, 0.05) is 17.5 Å². The molecule has 2 aromatic rings. The first-order valence-corrected chi connectivity index (χ1v) is 6.39. The third kappa shape index (κ3) is 2.99. The van der Waals surface area contributed by atoms with Crippen molar-refractivity contribution in [2.24, 2.45) is 5.73 Å². The summed E-state index contributed by atoms with van der Waals surface area (Å²) in [6, 6.07) is 12.6. The second-order valence-electron chi connectivity index (χ2n) is 4.62. The standard InChI is InChI=1S/C16H17F2N/c1-2-13(11-6-4-3-5-7-11)16(19)14-10-12(17)8-9-15(14)18/h3-10,13,16H,2,19H2,1H3. The van der Waals surface area contributed by atoms with Crippen molar-refractivity contribution in [3.05, 3.63) is 71.3 Å². The number of benzene rings is 2. The van der Waals surface area contributed by atoms with Gasteiger partial charge in [0.05, 0.1) is 0 Å². The molecule has 0 heterocycles. The van der Waals surface area contributed by atoms with E-state index in [4.69, 9.17) is 5.73 Å². The van der Waals surface area contributed by atoms with E-state index in [0.717, 1.165) is 24.1 Å². The van der Waals surface area contributed by atoms with Crippen LogP contribution in [0.2, 0.25) is 0 Å².